The van der Waals surface area contributed by atoms with Crippen molar-refractivity contribution in [3.8, 4) is 17.0 Å². The van der Waals surface area contributed by atoms with Crippen molar-refractivity contribution < 1.29 is 13.2 Å². The van der Waals surface area contributed by atoms with Gasteiger partial charge >= 0.3 is 0 Å². The molecule has 2 aromatic rings. The van der Waals surface area contributed by atoms with Crippen LogP contribution in [-0.2, 0) is 21.9 Å². The Hall–Kier alpha value is -1.86. The molecule has 1 saturated heterocycles. The minimum absolute atomic E-state index is 0.0221. The highest BCUT2D eigenvalue weighted by molar-refractivity contribution is 7.91. The van der Waals surface area contributed by atoms with Crippen LogP contribution in [0.4, 0.5) is 0 Å². The van der Waals surface area contributed by atoms with Crippen LogP contribution < -0.4 is 10.1 Å². The van der Waals surface area contributed by atoms with Gasteiger partial charge in [-0.15, -0.1) is 0 Å². The molecular formula is C20H29N3O3S. The number of benzene rings is 1. The molecule has 0 radical (unpaired) electrons. The highest BCUT2D eigenvalue weighted by atomic mass is 32.2. The van der Waals surface area contributed by atoms with Crippen molar-refractivity contribution in [1.82, 2.24) is 15.1 Å². The molecule has 0 aliphatic carbocycles. The Morgan fingerprint density at radius 3 is 2.63 bits per heavy atom. The monoisotopic (exact) mass is 391 g/mol. The van der Waals surface area contributed by atoms with E-state index in [0.29, 0.717) is 6.54 Å². The quantitative estimate of drug-likeness (QED) is 0.848. The topological polar surface area (TPSA) is 73.2 Å². The van der Waals surface area contributed by atoms with E-state index >= 15 is 0 Å². The average molecular weight is 392 g/mol. The van der Waals surface area contributed by atoms with Crippen LogP contribution in [0.5, 0.6) is 5.75 Å². The van der Waals surface area contributed by atoms with Crippen molar-refractivity contribution in [2.45, 2.75) is 45.8 Å². The van der Waals surface area contributed by atoms with Gasteiger partial charge in [0, 0.05) is 29.9 Å². The van der Waals surface area contributed by atoms with Gasteiger partial charge in [0.1, 0.15) is 5.75 Å². The summed E-state index contributed by atoms with van der Waals surface area (Å²) in [7, 11) is -1.29. The van der Waals surface area contributed by atoms with Gasteiger partial charge in [-0.1, -0.05) is 19.1 Å². The third-order valence-corrected chi connectivity index (χ3v) is 6.91. The summed E-state index contributed by atoms with van der Waals surface area (Å²) in [6.07, 6.45) is 2.05. The molecule has 2 heterocycles. The number of aromatic nitrogens is 2. The minimum Gasteiger partial charge on any atom is -0.497 e. The molecule has 27 heavy (non-hydrogen) atoms. The molecule has 0 saturated carbocycles. The number of nitrogens with one attached hydrogen (secondary N) is 1. The van der Waals surface area contributed by atoms with Gasteiger partial charge in [0.15, 0.2) is 9.84 Å². The first-order valence-electron chi connectivity index (χ1n) is 9.26. The minimum atomic E-state index is -2.94. The molecule has 0 unspecified atom stereocenters. The van der Waals surface area contributed by atoms with Crippen LogP contribution in [0.3, 0.4) is 0 Å². The first kappa shape index (κ1) is 19.9. The maximum atomic E-state index is 11.9. The number of hydrogen-bond donors (Lipinski definition) is 1. The predicted molar refractivity (Wildman–Crippen MR) is 108 cm³/mol. The molecule has 1 aliphatic rings. The number of ether oxygens (including phenoxy) is 1. The molecule has 0 bridgehead atoms. The molecule has 1 aliphatic heterocycles. The summed E-state index contributed by atoms with van der Waals surface area (Å²) in [5, 5.41) is 8.27. The van der Waals surface area contributed by atoms with Crippen molar-refractivity contribution in [2.75, 3.05) is 18.6 Å². The Morgan fingerprint density at radius 1 is 1.30 bits per heavy atom. The van der Waals surface area contributed by atoms with Gasteiger partial charge in [-0.05, 0) is 38.8 Å². The fourth-order valence-electron chi connectivity index (χ4n) is 3.42. The van der Waals surface area contributed by atoms with Crippen LogP contribution in [0, 0.1) is 5.92 Å². The van der Waals surface area contributed by atoms with Gasteiger partial charge in [-0.25, -0.2) is 8.42 Å². The van der Waals surface area contributed by atoms with Crippen molar-refractivity contribution >= 4 is 9.84 Å². The van der Waals surface area contributed by atoms with E-state index in [2.05, 4.69) is 32.3 Å². The predicted octanol–water partition coefficient (Wildman–Crippen LogP) is 2.84. The molecular weight excluding hydrogens is 362 g/mol. The third-order valence-electron chi connectivity index (χ3n) is 5.01. The normalized spacial score (nSPS) is 22.1. The van der Waals surface area contributed by atoms with Gasteiger partial charge in [-0.3, -0.25) is 4.68 Å². The molecule has 148 valence electrons. The van der Waals surface area contributed by atoms with Gasteiger partial charge in [0.2, 0.25) is 0 Å². The van der Waals surface area contributed by atoms with E-state index in [1.165, 1.54) is 0 Å². The lowest BCUT2D eigenvalue weighted by molar-refractivity contribution is 0.355. The van der Waals surface area contributed by atoms with E-state index < -0.39 is 9.84 Å². The smallest absolute Gasteiger partial charge is 0.152 e. The van der Waals surface area contributed by atoms with Crippen LogP contribution in [0.1, 0.15) is 33.3 Å². The summed E-state index contributed by atoms with van der Waals surface area (Å²) < 4.78 is 31.1. The highest BCUT2D eigenvalue weighted by Gasteiger charge is 2.34. The summed E-state index contributed by atoms with van der Waals surface area (Å²) in [4.78, 5) is 0. The largest absolute Gasteiger partial charge is 0.497 e. The third kappa shape index (κ3) is 4.52. The summed E-state index contributed by atoms with van der Waals surface area (Å²) in [6, 6.07) is 7.83. The second-order valence-electron chi connectivity index (χ2n) is 8.39. The zero-order valence-electron chi connectivity index (χ0n) is 16.7. The highest BCUT2D eigenvalue weighted by Crippen LogP contribution is 2.28. The molecule has 0 spiro atoms. The lowest BCUT2D eigenvalue weighted by Gasteiger charge is -2.19. The molecule has 2 atom stereocenters. The zero-order chi connectivity index (χ0) is 19.8. The summed E-state index contributed by atoms with van der Waals surface area (Å²) >= 11 is 0. The zero-order valence-corrected chi connectivity index (χ0v) is 17.5. The standard InChI is InChI=1S/C20H29N3O3S/c1-14-12-27(24,25)13-18(14)21-10-16-11-23(20(2,3)4)22-19(16)15-7-6-8-17(9-15)26-5/h6-9,11,14,18,21H,10,12-13H2,1-5H3/t14-,18+/m0/s1. The fourth-order valence-corrected chi connectivity index (χ4v) is 5.58. The maximum absolute atomic E-state index is 11.9. The summed E-state index contributed by atoms with van der Waals surface area (Å²) in [6.45, 7) is 8.89. The first-order chi connectivity index (χ1) is 12.6. The Labute approximate surface area is 161 Å². The molecule has 0 amide bonds. The van der Waals surface area contributed by atoms with Gasteiger partial charge in [-0.2, -0.15) is 5.10 Å². The number of sulfone groups is 1. The Morgan fingerprint density at radius 2 is 2.04 bits per heavy atom. The molecule has 1 aromatic heterocycles. The van der Waals surface area contributed by atoms with Crippen molar-refractivity contribution in [3.63, 3.8) is 0 Å². The van der Waals surface area contributed by atoms with Crippen LogP contribution in [0.2, 0.25) is 0 Å². The van der Waals surface area contributed by atoms with Crippen LogP contribution >= 0.6 is 0 Å². The van der Waals surface area contributed by atoms with E-state index in [1.807, 2.05) is 35.9 Å². The Kier molecular flexibility index (Phi) is 5.36. The molecule has 7 heteroatoms. The molecule has 1 aromatic carbocycles. The van der Waals surface area contributed by atoms with E-state index in [9.17, 15) is 8.42 Å². The molecule has 1 fully saturated rings. The Balaban J connectivity index is 1.90. The van der Waals surface area contributed by atoms with Crippen molar-refractivity contribution in [3.05, 3.63) is 36.0 Å². The van der Waals surface area contributed by atoms with E-state index in [4.69, 9.17) is 9.84 Å². The van der Waals surface area contributed by atoms with Crippen molar-refractivity contribution in [2.24, 2.45) is 5.92 Å². The second kappa shape index (κ2) is 7.28. The van der Waals surface area contributed by atoms with Crippen LogP contribution in [0.25, 0.3) is 11.3 Å². The van der Waals surface area contributed by atoms with E-state index in [1.54, 1.807) is 7.11 Å². The molecule has 1 N–H and O–H groups in total. The molecule has 6 nitrogen and oxygen atoms in total. The number of hydrogen-bond acceptors (Lipinski definition) is 5. The van der Waals surface area contributed by atoms with Gasteiger partial charge in [0.25, 0.3) is 0 Å². The second-order valence-corrected chi connectivity index (χ2v) is 10.5. The summed E-state index contributed by atoms with van der Waals surface area (Å²) in [5.74, 6) is 1.37. The first-order valence-corrected chi connectivity index (χ1v) is 11.1. The lowest BCUT2D eigenvalue weighted by atomic mass is 10.0. The summed E-state index contributed by atoms with van der Waals surface area (Å²) in [5.41, 5.74) is 2.79. The van der Waals surface area contributed by atoms with Gasteiger partial charge in [0.05, 0.1) is 29.8 Å². The number of methoxy groups -OCH3 is 1. The molecule has 3 rings (SSSR count). The number of rotatable bonds is 5. The Bertz CT molecular complexity index is 913. The SMILES string of the molecule is COc1cccc(-c2nn(C(C)(C)C)cc2CN[C@@H]2CS(=O)(=O)C[C@@H]2C)c1. The maximum Gasteiger partial charge on any atom is 0.152 e. The average Bonchev–Trinajstić information content (AvgIpc) is 3.13. The fraction of sp³-hybridized carbons (Fsp3) is 0.550. The van der Waals surface area contributed by atoms with Gasteiger partial charge < -0.3 is 10.1 Å². The van der Waals surface area contributed by atoms with E-state index in [0.717, 1.165) is 22.6 Å². The lowest BCUT2D eigenvalue weighted by Crippen LogP contribution is -2.34. The van der Waals surface area contributed by atoms with E-state index in [-0.39, 0.29) is 29.0 Å². The van der Waals surface area contributed by atoms with Crippen LogP contribution in [-0.4, -0.2) is 42.9 Å². The van der Waals surface area contributed by atoms with Crippen LogP contribution in [0.15, 0.2) is 30.5 Å². The van der Waals surface area contributed by atoms with Crippen molar-refractivity contribution in [1.29, 1.82) is 0 Å². The number of nitrogens with zero attached hydrogens (tertiary/aromatic N) is 2.